The van der Waals surface area contributed by atoms with Gasteiger partial charge in [-0.05, 0) is 44.7 Å². The molecule has 1 fully saturated rings. The molecule has 1 saturated heterocycles. The lowest BCUT2D eigenvalue weighted by Gasteiger charge is -2.31. The van der Waals surface area contributed by atoms with E-state index in [4.69, 9.17) is 0 Å². The molecule has 2 nitrogen and oxygen atoms in total. The minimum atomic E-state index is 0.694. The molecular formula is C14H30N2. The van der Waals surface area contributed by atoms with Crippen molar-refractivity contribution in [3.8, 4) is 0 Å². The summed E-state index contributed by atoms with van der Waals surface area (Å²) in [5.41, 5.74) is 0. The molecule has 0 bridgehead atoms. The number of hydrogen-bond acceptors (Lipinski definition) is 2. The zero-order valence-corrected chi connectivity index (χ0v) is 11.6. The molecule has 0 aromatic rings. The zero-order chi connectivity index (χ0) is 12.0. The second kappa shape index (κ2) is 7.29. The largest absolute Gasteiger partial charge is 0.313 e. The molecule has 0 aromatic heterocycles. The summed E-state index contributed by atoms with van der Waals surface area (Å²) >= 11 is 0. The Morgan fingerprint density at radius 3 is 2.62 bits per heavy atom. The van der Waals surface area contributed by atoms with Gasteiger partial charge in [-0.2, -0.15) is 0 Å². The molecule has 1 N–H and O–H groups in total. The van der Waals surface area contributed by atoms with Crippen molar-refractivity contribution in [3.05, 3.63) is 0 Å². The van der Waals surface area contributed by atoms with Gasteiger partial charge in [0.1, 0.15) is 0 Å². The third-order valence-corrected chi connectivity index (χ3v) is 3.81. The van der Waals surface area contributed by atoms with Crippen LogP contribution in [0.5, 0.6) is 0 Å². The van der Waals surface area contributed by atoms with E-state index >= 15 is 0 Å². The third kappa shape index (κ3) is 4.06. The topological polar surface area (TPSA) is 15.3 Å². The Labute approximate surface area is 102 Å². The number of likely N-dealkylation sites (tertiary alicyclic amines) is 1. The van der Waals surface area contributed by atoms with Gasteiger partial charge in [0.25, 0.3) is 0 Å². The molecule has 16 heavy (non-hydrogen) atoms. The molecule has 1 aliphatic heterocycles. The van der Waals surface area contributed by atoms with E-state index in [-0.39, 0.29) is 0 Å². The molecule has 96 valence electrons. The molecule has 0 aromatic carbocycles. The SMILES string of the molecule is CCCNC(CC)CN1CCCC1C(C)C. The minimum absolute atomic E-state index is 0.694. The van der Waals surface area contributed by atoms with Gasteiger partial charge in [-0.25, -0.2) is 0 Å². The molecule has 1 aliphatic rings. The molecule has 0 radical (unpaired) electrons. The van der Waals surface area contributed by atoms with E-state index in [2.05, 4.69) is 37.9 Å². The number of nitrogens with zero attached hydrogens (tertiary/aromatic N) is 1. The molecule has 0 saturated carbocycles. The fourth-order valence-electron chi connectivity index (χ4n) is 2.80. The van der Waals surface area contributed by atoms with Gasteiger partial charge in [0.15, 0.2) is 0 Å². The predicted molar refractivity (Wildman–Crippen MR) is 71.8 cm³/mol. The van der Waals surface area contributed by atoms with Gasteiger partial charge < -0.3 is 5.32 Å². The molecule has 0 spiro atoms. The summed E-state index contributed by atoms with van der Waals surface area (Å²) in [7, 11) is 0. The first-order valence-corrected chi connectivity index (χ1v) is 7.16. The van der Waals surface area contributed by atoms with Crippen LogP contribution in [-0.4, -0.2) is 36.6 Å². The van der Waals surface area contributed by atoms with Crippen molar-refractivity contribution in [2.75, 3.05) is 19.6 Å². The Morgan fingerprint density at radius 2 is 2.06 bits per heavy atom. The molecule has 1 heterocycles. The van der Waals surface area contributed by atoms with E-state index in [1.165, 1.54) is 45.3 Å². The maximum absolute atomic E-state index is 3.66. The van der Waals surface area contributed by atoms with Crippen LogP contribution < -0.4 is 5.32 Å². The van der Waals surface area contributed by atoms with E-state index < -0.39 is 0 Å². The second-order valence-electron chi connectivity index (χ2n) is 5.51. The van der Waals surface area contributed by atoms with E-state index in [9.17, 15) is 0 Å². The van der Waals surface area contributed by atoms with Crippen molar-refractivity contribution >= 4 is 0 Å². The predicted octanol–water partition coefficient (Wildman–Crippen LogP) is 2.89. The fraction of sp³-hybridized carbons (Fsp3) is 1.00. The first-order chi connectivity index (χ1) is 7.69. The van der Waals surface area contributed by atoms with Crippen LogP contribution in [0.4, 0.5) is 0 Å². The van der Waals surface area contributed by atoms with Crippen molar-refractivity contribution in [3.63, 3.8) is 0 Å². The van der Waals surface area contributed by atoms with E-state index in [0.29, 0.717) is 6.04 Å². The lowest BCUT2D eigenvalue weighted by molar-refractivity contribution is 0.184. The molecule has 1 rings (SSSR count). The highest BCUT2D eigenvalue weighted by Crippen LogP contribution is 2.23. The van der Waals surface area contributed by atoms with Crippen LogP contribution in [0, 0.1) is 5.92 Å². The van der Waals surface area contributed by atoms with Gasteiger partial charge in [0, 0.05) is 18.6 Å². The van der Waals surface area contributed by atoms with E-state index in [1.807, 2.05) is 0 Å². The number of rotatable bonds is 7. The minimum Gasteiger partial charge on any atom is -0.313 e. The lowest BCUT2D eigenvalue weighted by atomic mass is 10.0. The third-order valence-electron chi connectivity index (χ3n) is 3.81. The van der Waals surface area contributed by atoms with Crippen molar-refractivity contribution in [2.24, 2.45) is 5.92 Å². The maximum Gasteiger partial charge on any atom is 0.0192 e. The molecular weight excluding hydrogens is 196 g/mol. The Morgan fingerprint density at radius 1 is 1.31 bits per heavy atom. The Bertz CT molecular complexity index is 180. The average Bonchev–Trinajstić information content (AvgIpc) is 2.72. The van der Waals surface area contributed by atoms with Crippen LogP contribution in [0.1, 0.15) is 53.4 Å². The molecule has 2 unspecified atom stereocenters. The highest BCUT2D eigenvalue weighted by Gasteiger charge is 2.28. The summed E-state index contributed by atoms with van der Waals surface area (Å²) in [5, 5.41) is 3.66. The standard InChI is InChI=1S/C14H30N2/c1-5-9-15-13(6-2)11-16-10-7-8-14(16)12(3)4/h12-15H,5-11H2,1-4H3. The Kier molecular flexibility index (Phi) is 6.37. The van der Waals surface area contributed by atoms with Crippen LogP contribution >= 0.6 is 0 Å². The van der Waals surface area contributed by atoms with Crippen molar-refractivity contribution < 1.29 is 0 Å². The van der Waals surface area contributed by atoms with Crippen molar-refractivity contribution in [1.29, 1.82) is 0 Å². The van der Waals surface area contributed by atoms with Crippen LogP contribution in [0.15, 0.2) is 0 Å². The van der Waals surface area contributed by atoms with Gasteiger partial charge in [-0.1, -0.05) is 27.7 Å². The van der Waals surface area contributed by atoms with Crippen LogP contribution in [0.3, 0.4) is 0 Å². The number of hydrogen-bond donors (Lipinski definition) is 1. The summed E-state index contributed by atoms with van der Waals surface area (Å²) in [4.78, 5) is 2.71. The van der Waals surface area contributed by atoms with Gasteiger partial charge in [-0.15, -0.1) is 0 Å². The van der Waals surface area contributed by atoms with Crippen LogP contribution in [0.25, 0.3) is 0 Å². The van der Waals surface area contributed by atoms with E-state index in [1.54, 1.807) is 0 Å². The fourth-order valence-corrected chi connectivity index (χ4v) is 2.80. The lowest BCUT2D eigenvalue weighted by Crippen LogP contribution is -2.44. The van der Waals surface area contributed by atoms with Gasteiger partial charge in [0.05, 0.1) is 0 Å². The second-order valence-corrected chi connectivity index (χ2v) is 5.51. The maximum atomic E-state index is 3.66. The highest BCUT2D eigenvalue weighted by atomic mass is 15.2. The Hall–Kier alpha value is -0.0800. The zero-order valence-electron chi connectivity index (χ0n) is 11.6. The van der Waals surface area contributed by atoms with Gasteiger partial charge in [-0.3, -0.25) is 4.90 Å². The normalized spacial score (nSPS) is 24.2. The summed E-state index contributed by atoms with van der Waals surface area (Å²) in [5.74, 6) is 0.811. The van der Waals surface area contributed by atoms with Crippen LogP contribution in [0.2, 0.25) is 0 Å². The summed E-state index contributed by atoms with van der Waals surface area (Å²) in [6.45, 7) is 13.0. The monoisotopic (exact) mass is 226 g/mol. The average molecular weight is 226 g/mol. The first-order valence-electron chi connectivity index (χ1n) is 7.16. The summed E-state index contributed by atoms with van der Waals surface area (Å²) in [6, 6.07) is 1.52. The molecule has 0 amide bonds. The smallest absolute Gasteiger partial charge is 0.0192 e. The van der Waals surface area contributed by atoms with Gasteiger partial charge in [0.2, 0.25) is 0 Å². The highest BCUT2D eigenvalue weighted by molar-refractivity contribution is 4.84. The summed E-state index contributed by atoms with van der Waals surface area (Å²) in [6.07, 6.45) is 5.29. The van der Waals surface area contributed by atoms with Crippen molar-refractivity contribution in [1.82, 2.24) is 10.2 Å². The first kappa shape index (κ1) is 14.0. The van der Waals surface area contributed by atoms with E-state index in [0.717, 1.165) is 12.0 Å². The summed E-state index contributed by atoms with van der Waals surface area (Å²) < 4.78 is 0. The molecule has 2 heteroatoms. The molecule has 2 atom stereocenters. The molecule has 0 aliphatic carbocycles. The Balaban J connectivity index is 2.38. The van der Waals surface area contributed by atoms with Crippen molar-refractivity contribution in [2.45, 2.75) is 65.5 Å². The van der Waals surface area contributed by atoms with Crippen LogP contribution in [-0.2, 0) is 0 Å². The van der Waals surface area contributed by atoms with Gasteiger partial charge >= 0.3 is 0 Å². The quantitative estimate of drug-likeness (QED) is 0.718. The number of nitrogens with one attached hydrogen (secondary N) is 1.